The normalized spacial score (nSPS) is 22.5. The molecule has 3 N–H and O–H groups in total. The van der Waals surface area contributed by atoms with Gasteiger partial charge in [-0.25, -0.2) is 4.79 Å². The van der Waals surface area contributed by atoms with E-state index in [9.17, 15) is 4.79 Å². The molecule has 1 atom stereocenters. The van der Waals surface area contributed by atoms with Crippen molar-refractivity contribution in [2.24, 2.45) is 11.1 Å². The summed E-state index contributed by atoms with van der Waals surface area (Å²) in [6.07, 6.45) is 0.783. The molecule has 1 fully saturated rings. The van der Waals surface area contributed by atoms with Crippen LogP contribution in [0.1, 0.15) is 19.8 Å². The zero-order valence-electron chi connectivity index (χ0n) is 9.40. The minimum atomic E-state index is -0.836. The summed E-state index contributed by atoms with van der Waals surface area (Å²) in [7, 11) is 1.63. The summed E-state index contributed by atoms with van der Waals surface area (Å²) in [5.41, 5.74) is 6.03. The highest BCUT2D eigenvalue weighted by atomic mass is 16.5. The van der Waals surface area contributed by atoms with Gasteiger partial charge in [-0.2, -0.15) is 0 Å². The lowest BCUT2D eigenvalue weighted by Crippen LogP contribution is -2.50. The van der Waals surface area contributed by atoms with E-state index in [4.69, 9.17) is 15.6 Å². The van der Waals surface area contributed by atoms with Gasteiger partial charge in [0.2, 0.25) is 0 Å². The van der Waals surface area contributed by atoms with E-state index in [1.165, 1.54) is 4.90 Å². The number of methoxy groups -OCH3 is 1. The quantitative estimate of drug-likeness (QED) is 0.729. The van der Waals surface area contributed by atoms with Crippen LogP contribution in [0, 0.1) is 5.41 Å². The number of nitrogens with zero attached hydrogens (tertiary/aromatic N) is 1. The van der Waals surface area contributed by atoms with Gasteiger partial charge in [-0.15, -0.1) is 0 Å². The van der Waals surface area contributed by atoms with Crippen molar-refractivity contribution in [2.75, 3.05) is 26.8 Å². The Morgan fingerprint density at radius 2 is 2.13 bits per heavy atom. The summed E-state index contributed by atoms with van der Waals surface area (Å²) in [5.74, 6) is 0. The van der Waals surface area contributed by atoms with E-state index in [0.717, 1.165) is 12.8 Å². The van der Waals surface area contributed by atoms with E-state index < -0.39 is 6.09 Å². The molecular formula is C10H20N2O3. The molecule has 15 heavy (non-hydrogen) atoms. The molecule has 1 amide bonds. The third-order valence-electron chi connectivity index (χ3n) is 3.42. The highest BCUT2D eigenvalue weighted by molar-refractivity contribution is 5.65. The van der Waals surface area contributed by atoms with E-state index in [0.29, 0.717) is 19.7 Å². The van der Waals surface area contributed by atoms with Crippen LogP contribution < -0.4 is 5.73 Å². The summed E-state index contributed by atoms with van der Waals surface area (Å²) in [5, 5.41) is 8.82. The number of amides is 1. The number of rotatable bonds is 3. The zero-order valence-corrected chi connectivity index (χ0v) is 9.40. The lowest BCUT2D eigenvalue weighted by Gasteiger charge is -2.41. The summed E-state index contributed by atoms with van der Waals surface area (Å²) < 4.78 is 5.04. The summed E-state index contributed by atoms with van der Waals surface area (Å²) in [6.45, 7) is 3.78. The molecule has 0 aromatic rings. The standard InChI is InChI=1S/C10H20N2O3/c1-10(8(11)7-15-2)3-5-12(6-4-10)9(13)14/h8H,3-7,11H2,1-2H3,(H,13,14). The first-order chi connectivity index (χ1) is 6.99. The van der Waals surface area contributed by atoms with Gasteiger partial charge in [-0.1, -0.05) is 6.92 Å². The van der Waals surface area contributed by atoms with Crippen LogP contribution in [-0.4, -0.2) is 48.9 Å². The Bertz CT molecular complexity index is 225. The average Bonchev–Trinajstić information content (AvgIpc) is 2.18. The SMILES string of the molecule is COCC(N)C1(C)CCN(C(=O)O)CC1. The van der Waals surface area contributed by atoms with E-state index >= 15 is 0 Å². The monoisotopic (exact) mass is 216 g/mol. The minimum Gasteiger partial charge on any atom is -0.465 e. The van der Waals surface area contributed by atoms with Gasteiger partial charge >= 0.3 is 6.09 Å². The van der Waals surface area contributed by atoms with E-state index in [2.05, 4.69) is 6.92 Å². The minimum absolute atomic E-state index is 0.00194. The summed E-state index contributed by atoms with van der Waals surface area (Å²) in [6, 6.07) is -0.0153. The van der Waals surface area contributed by atoms with Crippen LogP contribution in [0.3, 0.4) is 0 Å². The molecule has 0 radical (unpaired) electrons. The number of hydrogen-bond donors (Lipinski definition) is 2. The van der Waals surface area contributed by atoms with Crippen molar-refractivity contribution in [3.63, 3.8) is 0 Å². The maximum atomic E-state index is 10.7. The number of piperidine rings is 1. The number of likely N-dealkylation sites (tertiary alicyclic amines) is 1. The van der Waals surface area contributed by atoms with Crippen molar-refractivity contribution in [1.82, 2.24) is 4.90 Å². The van der Waals surface area contributed by atoms with Gasteiger partial charge in [0.15, 0.2) is 0 Å². The third-order valence-corrected chi connectivity index (χ3v) is 3.42. The van der Waals surface area contributed by atoms with Gasteiger partial charge in [0.05, 0.1) is 6.61 Å². The molecule has 5 nitrogen and oxygen atoms in total. The molecule has 1 saturated heterocycles. The first-order valence-electron chi connectivity index (χ1n) is 5.22. The second kappa shape index (κ2) is 4.81. The van der Waals surface area contributed by atoms with Gasteiger partial charge in [0.25, 0.3) is 0 Å². The summed E-state index contributed by atoms with van der Waals surface area (Å²) in [4.78, 5) is 12.2. The highest BCUT2D eigenvalue weighted by Crippen LogP contribution is 2.33. The first-order valence-corrected chi connectivity index (χ1v) is 5.22. The van der Waals surface area contributed by atoms with Crippen molar-refractivity contribution in [3.8, 4) is 0 Å². The van der Waals surface area contributed by atoms with Crippen LogP contribution in [0.5, 0.6) is 0 Å². The lowest BCUT2D eigenvalue weighted by atomic mass is 9.75. The number of nitrogens with two attached hydrogens (primary N) is 1. The smallest absolute Gasteiger partial charge is 0.407 e. The van der Waals surface area contributed by atoms with E-state index in [1.54, 1.807) is 7.11 Å². The highest BCUT2D eigenvalue weighted by Gasteiger charge is 2.36. The Kier molecular flexibility index (Phi) is 3.93. The van der Waals surface area contributed by atoms with Crippen molar-refractivity contribution < 1.29 is 14.6 Å². The average molecular weight is 216 g/mol. The number of hydrogen-bond acceptors (Lipinski definition) is 3. The maximum absolute atomic E-state index is 10.7. The first kappa shape index (κ1) is 12.3. The molecule has 0 saturated carbocycles. The fourth-order valence-electron chi connectivity index (χ4n) is 1.96. The van der Waals surface area contributed by atoms with Crippen LogP contribution >= 0.6 is 0 Å². The van der Waals surface area contributed by atoms with Gasteiger partial charge < -0.3 is 20.5 Å². The molecule has 1 aliphatic heterocycles. The van der Waals surface area contributed by atoms with Gasteiger partial charge in [0, 0.05) is 26.2 Å². The Morgan fingerprint density at radius 1 is 1.60 bits per heavy atom. The molecular weight excluding hydrogens is 196 g/mol. The van der Waals surface area contributed by atoms with Gasteiger partial charge in [-0.05, 0) is 18.3 Å². The Hall–Kier alpha value is -0.810. The molecule has 0 bridgehead atoms. The third kappa shape index (κ3) is 2.82. The molecule has 1 heterocycles. The molecule has 0 aliphatic carbocycles. The maximum Gasteiger partial charge on any atom is 0.407 e. The van der Waals surface area contributed by atoms with Crippen molar-refractivity contribution >= 4 is 6.09 Å². The zero-order chi connectivity index (χ0) is 11.5. The second-order valence-corrected chi connectivity index (χ2v) is 4.49. The molecule has 0 aromatic carbocycles. The molecule has 1 aliphatic rings. The van der Waals surface area contributed by atoms with Crippen LogP contribution in [0.25, 0.3) is 0 Å². The Morgan fingerprint density at radius 3 is 2.53 bits per heavy atom. The molecule has 0 spiro atoms. The Balaban J connectivity index is 2.50. The number of carbonyl (C=O) groups is 1. The fraction of sp³-hybridized carbons (Fsp3) is 0.900. The number of ether oxygens (including phenoxy) is 1. The summed E-state index contributed by atoms with van der Waals surface area (Å²) >= 11 is 0. The molecule has 88 valence electrons. The van der Waals surface area contributed by atoms with Crippen molar-refractivity contribution in [2.45, 2.75) is 25.8 Å². The van der Waals surface area contributed by atoms with Gasteiger partial charge in [0.1, 0.15) is 0 Å². The predicted octanol–water partition coefficient (Wildman–Crippen LogP) is 0.740. The van der Waals surface area contributed by atoms with E-state index in [-0.39, 0.29) is 11.5 Å². The predicted molar refractivity (Wildman–Crippen MR) is 56.8 cm³/mol. The molecule has 0 aromatic heterocycles. The Labute approximate surface area is 90.2 Å². The number of carboxylic acid groups (broad SMARTS) is 1. The van der Waals surface area contributed by atoms with Crippen molar-refractivity contribution in [1.29, 1.82) is 0 Å². The molecule has 1 rings (SSSR count). The van der Waals surface area contributed by atoms with Crippen LogP contribution in [-0.2, 0) is 4.74 Å². The van der Waals surface area contributed by atoms with Gasteiger partial charge in [-0.3, -0.25) is 0 Å². The lowest BCUT2D eigenvalue weighted by molar-refractivity contribution is 0.0556. The molecule has 5 heteroatoms. The van der Waals surface area contributed by atoms with E-state index in [1.807, 2.05) is 0 Å². The van der Waals surface area contributed by atoms with Crippen LogP contribution in [0.4, 0.5) is 4.79 Å². The topological polar surface area (TPSA) is 75.8 Å². The van der Waals surface area contributed by atoms with Crippen LogP contribution in [0.2, 0.25) is 0 Å². The fourth-order valence-corrected chi connectivity index (χ4v) is 1.96. The largest absolute Gasteiger partial charge is 0.465 e. The van der Waals surface area contributed by atoms with Crippen LogP contribution in [0.15, 0.2) is 0 Å². The second-order valence-electron chi connectivity index (χ2n) is 4.49. The molecule has 1 unspecified atom stereocenters. The van der Waals surface area contributed by atoms with Crippen molar-refractivity contribution in [3.05, 3.63) is 0 Å².